The highest BCUT2D eigenvalue weighted by atomic mass is 32.1. The second-order valence-corrected chi connectivity index (χ2v) is 8.90. The monoisotopic (exact) mass is 501 g/mol. The van der Waals surface area contributed by atoms with Crippen LogP contribution in [0.5, 0.6) is 11.5 Å². The minimum absolute atomic E-state index is 0.0151. The van der Waals surface area contributed by atoms with Crippen LogP contribution in [0.3, 0.4) is 0 Å². The van der Waals surface area contributed by atoms with E-state index in [9.17, 15) is 14.9 Å². The van der Waals surface area contributed by atoms with Gasteiger partial charge in [-0.2, -0.15) is 5.10 Å². The number of carbonyl (C=O) groups excluding carboxylic acids is 1. The van der Waals surface area contributed by atoms with Gasteiger partial charge < -0.3 is 9.47 Å². The number of ether oxygens (including phenoxy) is 2. The summed E-state index contributed by atoms with van der Waals surface area (Å²) in [5.41, 5.74) is 5.59. The number of fused-ring (bicyclic) bond motifs is 2. The lowest BCUT2D eigenvalue weighted by Crippen LogP contribution is -2.17. The lowest BCUT2D eigenvalue weighted by molar-refractivity contribution is -0.384. The molecule has 180 valence electrons. The van der Waals surface area contributed by atoms with Crippen molar-refractivity contribution >= 4 is 51.5 Å². The summed E-state index contributed by atoms with van der Waals surface area (Å²) < 4.78 is 10.8. The molecule has 0 saturated heterocycles. The first-order chi connectivity index (χ1) is 17.4. The number of nitro benzene ring substituents is 1. The van der Waals surface area contributed by atoms with E-state index in [-0.39, 0.29) is 18.4 Å². The van der Waals surface area contributed by atoms with E-state index in [4.69, 9.17) is 9.47 Å². The van der Waals surface area contributed by atoms with E-state index in [1.807, 2.05) is 44.2 Å². The van der Waals surface area contributed by atoms with Gasteiger partial charge in [-0.25, -0.2) is 15.4 Å². The van der Waals surface area contributed by atoms with Crippen molar-refractivity contribution in [3.63, 3.8) is 0 Å². The molecule has 0 unspecified atom stereocenters. The van der Waals surface area contributed by atoms with Gasteiger partial charge in [0, 0.05) is 17.5 Å². The summed E-state index contributed by atoms with van der Waals surface area (Å²) in [6.07, 6.45) is 5.13. The normalized spacial score (nSPS) is 12.6. The predicted molar refractivity (Wildman–Crippen MR) is 137 cm³/mol. The minimum atomic E-state index is -0.476. The van der Waals surface area contributed by atoms with Crippen molar-refractivity contribution in [1.29, 1.82) is 0 Å². The predicted octanol–water partition coefficient (Wildman–Crippen LogP) is 4.88. The van der Waals surface area contributed by atoms with E-state index in [0.29, 0.717) is 26.8 Å². The Morgan fingerprint density at radius 3 is 2.61 bits per heavy atom. The number of nitrogens with zero attached hydrogens (tertiary/aromatic N) is 4. The molecule has 5 rings (SSSR count). The number of amides is 1. The van der Waals surface area contributed by atoms with E-state index in [1.165, 1.54) is 29.7 Å². The van der Waals surface area contributed by atoms with Crippen molar-refractivity contribution in [3.8, 4) is 11.5 Å². The molecule has 10 nitrogen and oxygen atoms in total. The molecule has 0 saturated carbocycles. The Morgan fingerprint density at radius 2 is 1.83 bits per heavy atom. The van der Waals surface area contributed by atoms with Crippen LogP contribution in [0.15, 0.2) is 47.6 Å². The van der Waals surface area contributed by atoms with Gasteiger partial charge in [-0.3, -0.25) is 14.9 Å². The summed E-state index contributed by atoms with van der Waals surface area (Å²) in [6.45, 7) is 3.96. The number of aromatic nitrogens is 2. The number of non-ortho nitro benzene ring substituents is 1. The Morgan fingerprint density at radius 1 is 1.08 bits per heavy atom. The maximum atomic E-state index is 12.8. The fourth-order valence-electron chi connectivity index (χ4n) is 3.74. The average molecular weight is 502 g/mol. The van der Waals surface area contributed by atoms with E-state index >= 15 is 0 Å². The van der Waals surface area contributed by atoms with Crippen LogP contribution < -0.4 is 14.9 Å². The lowest BCUT2D eigenvalue weighted by Gasteiger charge is -2.01. The van der Waals surface area contributed by atoms with Gasteiger partial charge in [0.25, 0.3) is 11.6 Å². The van der Waals surface area contributed by atoms with E-state index < -0.39 is 4.92 Å². The maximum absolute atomic E-state index is 12.8. The molecule has 1 aliphatic heterocycles. The van der Waals surface area contributed by atoms with E-state index in [0.717, 1.165) is 28.0 Å². The molecule has 36 heavy (non-hydrogen) atoms. The molecule has 3 heterocycles. The Balaban J connectivity index is 1.33. The number of hydrazone groups is 1. The van der Waals surface area contributed by atoms with Crippen molar-refractivity contribution in [1.82, 2.24) is 15.4 Å². The van der Waals surface area contributed by atoms with Crippen molar-refractivity contribution in [2.45, 2.75) is 13.8 Å². The summed E-state index contributed by atoms with van der Waals surface area (Å²) in [7, 11) is 0. The first-order valence-corrected chi connectivity index (χ1v) is 11.6. The summed E-state index contributed by atoms with van der Waals surface area (Å²) in [4.78, 5) is 33.5. The lowest BCUT2D eigenvalue weighted by atomic mass is 10.1. The van der Waals surface area contributed by atoms with Gasteiger partial charge in [0.2, 0.25) is 6.79 Å². The zero-order chi connectivity index (χ0) is 25.2. The molecule has 0 atom stereocenters. The van der Waals surface area contributed by atoms with E-state index in [1.54, 1.807) is 12.1 Å². The SMILES string of the molecule is Cc1nc(/C=C/c2ccc3c(c2)OCO3)nc2sc(C(=O)N/N=C/c3ccc([N+](=O)[O-])cc3)c(C)c12. The van der Waals surface area contributed by atoms with Crippen LogP contribution in [-0.4, -0.2) is 33.8 Å². The zero-order valence-electron chi connectivity index (χ0n) is 19.2. The number of carbonyl (C=O) groups is 1. The first-order valence-electron chi connectivity index (χ1n) is 10.8. The number of rotatable bonds is 6. The molecule has 2 aromatic heterocycles. The number of hydrogen-bond acceptors (Lipinski definition) is 9. The van der Waals surface area contributed by atoms with Gasteiger partial charge >= 0.3 is 0 Å². The molecule has 0 aliphatic carbocycles. The summed E-state index contributed by atoms with van der Waals surface area (Å²) >= 11 is 1.27. The van der Waals surface area contributed by atoms with Gasteiger partial charge in [0.15, 0.2) is 17.3 Å². The fourth-order valence-corrected chi connectivity index (χ4v) is 4.87. The number of nitro groups is 1. The number of nitrogens with one attached hydrogen (secondary N) is 1. The molecule has 0 radical (unpaired) electrons. The van der Waals surface area contributed by atoms with Gasteiger partial charge in [-0.15, -0.1) is 11.3 Å². The molecule has 0 fully saturated rings. The standard InChI is InChI=1S/C25H19N5O5S/c1-14-22-15(2)27-21(10-6-16-5-9-19-20(11-16)35-13-34-19)28-25(22)36-23(14)24(31)29-26-12-17-3-7-18(8-4-17)30(32)33/h3-12H,13H2,1-2H3,(H,29,31)/b10-6+,26-12+. The highest BCUT2D eigenvalue weighted by Crippen LogP contribution is 2.34. The highest BCUT2D eigenvalue weighted by Gasteiger charge is 2.19. The number of thiophene rings is 1. The molecule has 0 bridgehead atoms. The molecular weight excluding hydrogens is 482 g/mol. The third kappa shape index (κ3) is 4.64. The Bertz CT molecular complexity index is 1560. The molecule has 1 aliphatic rings. The third-order valence-electron chi connectivity index (χ3n) is 5.50. The fraction of sp³-hybridized carbons (Fsp3) is 0.120. The Labute approximate surface area is 209 Å². The second-order valence-electron chi connectivity index (χ2n) is 7.90. The first kappa shape index (κ1) is 23.1. The molecular formula is C25H19N5O5S. The molecule has 0 spiro atoms. The van der Waals surface area contributed by atoms with Gasteiger partial charge in [-0.1, -0.05) is 12.1 Å². The highest BCUT2D eigenvalue weighted by molar-refractivity contribution is 7.20. The van der Waals surface area contributed by atoms with Gasteiger partial charge in [0.05, 0.1) is 21.7 Å². The largest absolute Gasteiger partial charge is 0.454 e. The van der Waals surface area contributed by atoms with Crippen molar-refractivity contribution < 1.29 is 19.2 Å². The molecule has 11 heteroatoms. The summed E-state index contributed by atoms with van der Waals surface area (Å²) in [5.74, 6) is 1.58. The number of aryl methyl sites for hydroxylation is 2. The van der Waals surface area contributed by atoms with Crippen molar-refractivity contribution in [2.24, 2.45) is 5.10 Å². The van der Waals surface area contributed by atoms with Crippen LogP contribution in [0.1, 0.15) is 37.9 Å². The summed E-state index contributed by atoms with van der Waals surface area (Å²) in [6, 6.07) is 11.5. The second kappa shape index (κ2) is 9.55. The minimum Gasteiger partial charge on any atom is -0.454 e. The van der Waals surface area contributed by atoms with Crippen LogP contribution >= 0.6 is 11.3 Å². The number of benzene rings is 2. The molecule has 1 amide bonds. The van der Waals surface area contributed by atoms with Crippen molar-refractivity contribution in [3.05, 3.63) is 85.7 Å². The zero-order valence-corrected chi connectivity index (χ0v) is 20.0. The number of hydrogen-bond donors (Lipinski definition) is 1. The molecule has 2 aromatic carbocycles. The van der Waals surface area contributed by atoms with Crippen LogP contribution in [0.2, 0.25) is 0 Å². The van der Waals surface area contributed by atoms with Gasteiger partial charge in [0.1, 0.15) is 4.83 Å². The quantitative estimate of drug-likeness (QED) is 0.226. The topological polar surface area (TPSA) is 129 Å². The third-order valence-corrected chi connectivity index (χ3v) is 6.68. The Hall–Kier alpha value is -4.64. The van der Waals surface area contributed by atoms with Crippen molar-refractivity contribution in [2.75, 3.05) is 6.79 Å². The van der Waals surface area contributed by atoms with Crippen LogP contribution in [0.4, 0.5) is 5.69 Å². The maximum Gasteiger partial charge on any atom is 0.281 e. The van der Waals surface area contributed by atoms with Gasteiger partial charge in [-0.05, 0) is 60.9 Å². The van der Waals surface area contributed by atoms with Crippen LogP contribution in [-0.2, 0) is 0 Å². The smallest absolute Gasteiger partial charge is 0.281 e. The average Bonchev–Trinajstić information content (AvgIpc) is 3.47. The summed E-state index contributed by atoms with van der Waals surface area (Å²) in [5, 5.41) is 15.6. The van der Waals surface area contributed by atoms with Crippen LogP contribution in [0.25, 0.3) is 22.4 Å². The molecule has 1 N–H and O–H groups in total. The van der Waals surface area contributed by atoms with Crippen LogP contribution in [0, 0.1) is 24.0 Å². The molecule has 4 aromatic rings. The van der Waals surface area contributed by atoms with E-state index in [2.05, 4.69) is 20.5 Å². The Kier molecular flexibility index (Phi) is 6.13.